The lowest BCUT2D eigenvalue weighted by atomic mass is 9.96. The van der Waals surface area contributed by atoms with E-state index in [4.69, 9.17) is 4.74 Å². The summed E-state index contributed by atoms with van der Waals surface area (Å²) in [6, 6.07) is 0. The molecule has 1 aliphatic rings. The van der Waals surface area contributed by atoms with Gasteiger partial charge in [-0.2, -0.15) is 0 Å². The SMILES string of the molecule is CCC1CN(C(=O)CSc2nc(C(C)(C)C)nc3c2c(=O)n(C)c(=O)n3C)CCO1. The van der Waals surface area contributed by atoms with Gasteiger partial charge in [-0.25, -0.2) is 14.8 Å². The van der Waals surface area contributed by atoms with Crippen LogP contribution in [0.15, 0.2) is 14.6 Å². The normalized spacial score (nSPS) is 17.5. The maximum Gasteiger partial charge on any atom is 0.332 e. The fraction of sp³-hybridized carbons (Fsp3) is 0.650. The predicted octanol–water partition coefficient (Wildman–Crippen LogP) is 1.05. The second-order valence-corrected chi connectivity index (χ2v) is 9.50. The molecule has 0 spiro atoms. The van der Waals surface area contributed by atoms with Crippen LogP contribution in [-0.2, 0) is 29.0 Å². The van der Waals surface area contributed by atoms with E-state index in [9.17, 15) is 14.4 Å². The van der Waals surface area contributed by atoms with E-state index in [1.165, 1.54) is 23.4 Å². The van der Waals surface area contributed by atoms with Crippen molar-refractivity contribution in [2.24, 2.45) is 14.1 Å². The van der Waals surface area contributed by atoms with E-state index < -0.39 is 11.2 Å². The number of fused-ring (bicyclic) bond motifs is 1. The highest BCUT2D eigenvalue weighted by Crippen LogP contribution is 2.27. The lowest BCUT2D eigenvalue weighted by Gasteiger charge is -2.32. The van der Waals surface area contributed by atoms with E-state index in [1.807, 2.05) is 27.7 Å². The summed E-state index contributed by atoms with van der Waals surface area (Å²) in [6.07, 6.45) is 0.911. The minimum atomic E-state index is -0.457. The van der Waals surface area contributed by atoms with Gasteiger partial charge in [-0.05, 0) is 6.42 Å². The third-order valence-electron chi connectivity index (χ3n) is 5.22. The van der Waals surface area contributed by atoms with E-state index in [1.54, 1.807) is 11.9 Å². The number of carbonyl (C=O) groups excluding carboxylic acids is 1. The molecule has 3 rings (SSSR count). The quantitative estimate of drug-likeness (QED) is 0.523. The molecule has 0 N–H and O–H groups in total. The van der Waals surface area contributed by atoms with Gasteiger partial charge in [-0.1, -0.05) is 39.5 Å². The van der Waals surface area contributed by atoms with Gasteiger partial charge in [0.1, 0.15) is 16.2 Å². The number of hydrogen-bond acceptors (Lipinski definition) is 7. The first-order valence-electron chi connectivity index (χ1n) is 10.0. The highest BCUT2D eigenvalue weighted by Gasteiger charge is 2.26. The van der Waals surface area contributed by atoms with Gasteiger partial charge >= 0.3 is 5.69 Å². The molecule has 30 heavy (non-hydrogen) atoms. The van der Waals surface area contributed by atoms with Crippen molar-refractivity contribution >= 4 is 28.7 Å². The summed E-state index contributed by atoms with van der Waals surface area (Å²) in [7, 11) is 3.02. The number of ether oxygens (including phenoxy) is 1. The van der Waals surface area contributed by atoms with Crippen LogP contribution in [0.25, 0.3) is 11.0 Å². The molecule has 164 valence electrons. The largest absolute Gasteiger partial charge is 0.375 e. The Balaban J connectivity index is 2.01. The highest BCUT2D eigenvalue weighted by atomic mass is 32.2. The van der Waals surface area contributed by atoms with Crippen LogP contribution in [0, 0.1) is 0 Å². The summed E-state index contributed by atoms with van der Waals surface area (Å²) in [5, 5.41) is 0.689. The average Bonchev–Trinajstić information content (AvgIpc) is 2.73. The monoisotopic (exact) mass is 435 g/mol. The molecule has 0 bridgehead atoms. The summed E-state index contributed by atoms with van der Waals surface area (Å²) in [5.74, 6) is 0.649. The van der Waals surface area contributed by atoms with Crippen LogP contribution in [-0.4, -0.2) is 61.5 Å². The minimum absolute atomic E-state index is 0.0209. The standard InChI is InChI=1S/C20H29N5O4S/c1-7-12-10-25(8-9-29-12)13(26)11-30-16-14-15(21-18(22-16)20(2,3)4)23(5)19(28)24(6)17(14)27/h12H,7-11H2,1-6H3. The van der Waals surface area contributed by atoms with Crippen LogP contribution in [0.3, 0.4) is 0 Å². The molecule has 1 atom stereocenters. The van der Waals surface area contributed by atoms with E-state index >= 15 is 0 Å². The Morgan fingerprint density at radius 1 is 1.20 bits per heavy atom. The van der Waals surface area contributed by atoms with Crippen molar-refractivity contribution in [3.63, 3.8) is 0 Å². The molecule has 2 aromatic rings. The van der Waals surface area contributed by atoms with Gasteiger partial charge in [0.2, 0.25) is 5.91 Å². The predicted molar refractivity (Wildman–Crippen MR) is 116 cm³/mol. The summed E-state index contributed by atoms with van der Waals surface area (Å²) >= 11 is 1.22. The number of aryl methyl sites for hydroxylation is 1. The number of rotatable bonds is 4. The lowest BCUT2D eigenvalue weighted by Crippen LogP contribution is -2.46. The van der Waals surface area contributed by atoms with Gasteiger partial charge in [-0.15, -0.1) is 0 Å². The summed E-state index contributed by atoms with van der Waals surface area (Å²) < 4.78 is 8.03. The number of morpholine rings is 1. The van der Waals surface area contributed by atoms with Crippen molar-refractivity contribution in [2.75, 3.05) is 25.4 Å². The van der Waals surface area contributed by atoms with Gasteiger partial charge in [0, 0.05) is 32.6 Å². The van der Waals surface area contributed by atoms with E-state index in [0.717, 1.165) is 11.0 Å². The topological polar surface area (TPSA) is 99.3 Å². The fourth-order valence-electron chi connectivity index (χ4n) is 3.28. The number of nitrogens with zero attached hydrogens (tertiary/aromatic N) is 5. The Kier molecular flexibility index (Phi) is 6.37. The zero-order valence-corrected chi connectivity index (χ0v) is 19.2. The first kappa shape index (κ1) is 22.5. The highest BCUT2D eigenvalue weighted by molar-refractivity contribution is 8.00. The van der Waals surface area contributed by atoms with Crippen LogP contribution in [0.1, 0.15) is 39.9 Å². The molecule has 1 amide bonds. The third kappa shape index (κ3) is 4.29. The van der Waals surface area contributed by atoms with Crippen molar-refractivity contribution in [3.8, 4) is 0 Å². The molecule has 0 aliphatic carbocycles. The molecule has 10 heteroatoms. The Hall–Kier alpha value is -2.20. The Morgan fingerprint density at radius 3 is 2.53 bits per heavy atom. The van der Waals surface area contributed by atoms with Crippen molar-refractivity contribution < 1.29 is 9.53 Å². The fourth-order valence-corrected chi connectivity index (χ4v) is 4.20. The zero-order chi connectivity index (χ0) is 22.2. The molecular weight excluding hydrogens is 406 g/mol. The van der Waals surface area contributed by atoms with Crippen molar-refractivity contribution in [2.45, 2.75) is 50.7 Å². The molecule has 1 fully saturated rings. The molecule has 3 heterocycles. The molecule has 2 aromatic heterocycles. The average molecular weight is 436 g/mol. The minimum Gasteiger partial charge on any atom is -0.375 e. The summed E-state index contributed by atoms with van der Waals surface area (Å²) in [6.45, 7) is 9.59. The number of carbonyl (C=O) groups is 1. The van der Waals surface area contributed by atoms with Gasteiger partial charge in [0.05, 0.1) is 18.5 Å². The number of thioether (sulfide) groups is 1. The molecule has 0 radical (unpaired) electrons. The zero-order valence-electron chi connectivity index (χ0n) is 18.4. The second-order valence-electron chi connectivity index (χ2n) is 8.54. The molecular formula is C20H29N5O4S. The van der Waals surface area contributed by atoms with Crippen LogP contribution in [0.5, 0.6) is 0 Å². The molecule has 0 saturated carbocycles. The van der Waals surface area contributed by atoms with E-state index in [2.05, 4.69) is 9.97 Å². The first-order chi connectivity index (χ1) is 14.0. The van der Waals surface area contributed by atoms with Crippen LogP contribution in [0.4, 0.5) is 0 Å². The summed E-state index contributed by atoms with van der Waals surface area (Å²) in [5.41, 5.74) is -1.00. The maximum atomic E-state index is 12.9. The number of aromatic nitrogens is 4. The first-order valence-corrected chi connectivity index (χ1v) is 11.0. The summed E-state index contributed by atoms with van der Waals surface area (Å²) in [4.78, 5) is 49.0. The van der Waals surface area contributed by atoms with Crippen molar-refractivity contribution in [3.05, 3.63) is 26.7 Å². The second kappa shape index (κ2) is 8.50. The molecule has 1 aliphatic heterocycles. The van der Waals surface area contributed by atoms with Gasteiger partial charge < -0.3 is 9.64 Å². The molecule has 1 saturated heterocycles. The van der Waals surface area contributed by atoms with E-state index in [0.29, 0.717) is 30.5 Å². The van der Waals surface area contributed by atoms with Crippen molar-refractivity contribution in [1.82, 2.24) is 24.0 Å². The molecule has 1 unspecified atom stereocenters. The van der Waals surface area contributed by atoms with Gasteiger partial charge in [-0.3, -0.25) is 18.7 Å². The Morgan fingerprint density at radius 2 is 1.90 bits per heavy atom. The van der Waals surface area contributed by atoms with Crippen LogP contribution in [0.2, 0.25) is 0 Å². The Labute approximate surface area is 179 Å². The van der Waals surface area contributed by atoms with Crippen LogP contribution < -0.4 is 11.2 Å². The number of amides is 1. The lowest BCUT2D eigenvalue weighted by molar-refractivity contribution is -0.135. The smallest absolute Gasteiger partial charge is 0.332 e. The number of hydrogen-bond donors (Lipinski definition) is 0. The molecule has 9 nitrogen and oxygen atoms in total. The maximum absolute atomic E-state index is 12.9. The van der Waals surface area contributed by atoms with Gasteiger partial charge in [0.25, 0.3) is 5.56 Å². The Bertz CT molecular complexity index is 1090. The van der Waals surface area contributed by atoms with Gasteiger partial charge in [0.15, 0.2) is 5.65 Å². The van der Waals surface area contributed by atoms with E-state index in [-0.39, 0.29) is 34.2 Å². The third-order valence-corrected chi connectivity index (χ3v) is 6.18. The van der Waals surface area contributed by atoms with Crippen molar-refractivity contribution in [1.29, 1.82) is 0 Å². The van der Waals surface area contributed by atoms with Crippen LogP contribution >= 0.6 is 11.8 Å². The molecule has 0 aromatic carbocycles.